The molecule has 1 N–H and O–H groups in total. The van der Waals surface area contributed by atoms with Crippen LogP contribution in [0.2, 0.25) is 0 Å². The van der Waals surface area contributed by atoms with E-state index in [1.54, 1.807) is 0 Å². The third-order valence-corrected chi connectivity index (χ3v) is 4.43. The van der Waals surface area contributed by atoms with Crippen LogP contribution in [0.3, 0.4) is 0 Å². The summed E-state index contributed by atoms with van der Waals surface area (Å²) in [5, 5.41) is 7.36. The van der Waals surface area contributed by atoms with Gasteiger partial charge in [0.05, 0.1) is 11.7 Å². The maximum absolute atomic E-state index is 11.6. The van der Waals surface area contributed by atoms with Gasteiger partial charge in [-0.2, -0.15) is 5.10 Å². The molecule has 1 aromatic rings. The molecule has 1 amide bonds. The fraction of sp³-hybridized carbons (Fsp3) is 0.733. The normalized spacial score (nSPS) is 23.2. The van der Waals surface area contributed by atoms with E-state index < -0.39 is 0 Å². The Labute approximate surface area is 130 Å². The van der Waals surface area contributed by atoms with Gasteiger partial charge in [-0.05, 0) is 18.9 Å². The zero-order chi connectivity index (χ0) is 15.4. The fourth-order valence-electron chi connectivity index (χ4n) is 3.31. The molecule has 22 heavy (non-hydrogen) atoms. The molecule has 1 unspecified atom stereocenters. The lowest BCUT2D eigenvalue weighted by Gasteiger charge is -2.40. The number of hydrogen-bond acceptors (Lipinski definition) is 5. The topological polar surface area (TPSA) is 68.6 Å². The van der Waals surface area contributed by atoms with Crippen molar-refractivity contribution in [3.8, 4) is 0 Å². The lowest BCUT2D eigenvalue weighted by atomic mass is 10.0. The van der Waals surface area contributed by atoms with Crippen LogP contribution in [0, 0.1) is 0 Å². The second-order valence-electron chi connectivity index (χ2n) is 5.93. The molecular weight excluding hydrogens is 284 g/mol. The van der Waals surface area contributed by atoms with E-state index in [1.165, 1.54) is 12.8 Å². The SMILES string of the molecule is COCC(=O)NCC1CN(C2CCOCC2)Cc2ccnn21. The van der Waals surface area contributed by atoms with Crippen molar-refractivity contribution in [2.45, 2.75) is 31.5 Å². The van der Waals surface area contributed by atoms with Crippen LogP contribution < -0.4 is 5.32 Å². The number of fused-ring (bicyclic) bond motifs is 1. The molecule has 3 rings (SSSR count). The fourth-order valence-corrected chi connectivity index (χ4v) is 3.31. The predicted octanol–water partition coefficient (Wildman–Crippen LogP) is 0.181. The average Bonchev–Trinajstić information content (AvgIpc) is 3.02. The third-order valence-electron chi connectivity index (χ3n) is 4.43. The maximum Gasteiger partial charge on any atom is 0.246 e. The monoisotopic (exact) mass is 308 g/mol. The summed E-state index contributed by atoms with van der Waals surface area (Å²) >= 11 is 0. The Morgan fingerprint density at radius 3 is 3.09 bits per heavy atom. The Morgan fingerprint density at radius 2 is 2.32 bits per heavy atom. The minimum absolute atomic E-state index is 0.0839. The van der Waals surface area contributed by atoms with Crippen LogP contribution in [-0.2, 0) is 20.8 Å². The van der Waals surface area contributed by atoms with Crippen molar-refractivity contribution >= 4 is 5.91 Å². The van der Waals surface area contributed by atoms with Crippen molar-refractivity contribution < 1.29 is 14.3 Å². The van der Waals surface area contributed by atoms with Gasteiger partial charge in [-0.25, -0.2) is 0 Å². The molecule has 1 aromatic heterocycles. The zero-order valence-electron chi connectivity index (χ0n) is 13.0. The number of nitrogens with one attached hydrogen (secondary N) is 1. The highest BCUT2D eigenvalue weighted by atomic mass is 16.5. The molecule has 3 heterocycles. The summed E-state index contributed by atoms with van der Waals surface area (Å²) < 4.78 is 12.4. The number of methoxy groups -OCH3 is 1. The van der Waals surface area contributed by atoms with E-state index in [0.717, 1.165) is 39.1 Å². The van der Waals surface area contributed by atoms with Gasteiger partial charge >= 0.3 is 0 Å². The predicted molar refractivity (Wildman–Crippen MR) is 80.4 cm³/mol. The molecule has 0 saturated carbocycles. The first kappa shape index (κ1) is 15.5. The van der Waals surface area contributed by atoms with Gasteiger partial charge in [0.15, 0.2) is 0 Å². The van der Waals surface area contributed by atoms with E-state index in [9.17, 15) is 4.79 Å². The van der Waals surface area contributed by atoms with Gasteiger partial charge in [0.2, 0.25) is 5.91 Å². The summed E-state index contributed by atoms with van der Waals surface area (Å²) in [6, 6.07) is 2.80. The Hall–Kier alpha value is -1.44. The van der Waals surface area contributed by atoms with Gasteiger partial charge in [0.1, 0.15) is 6.61 Å². The summed E-state index contributed by atoms with van der Waals surface area (Å²) in [4.78, 5) is 14.1. The second kappa shape index (κ2) is 7.21. The van der Waals surface area contributed by atoms with Gasteiger partial charge < -0.3 is 14.8 Å². The van der Waals surface area contributed by atoms with Gasteiger partial charge in [-0.1, -0.05) is 0 Å². The summed E-state index contributed by atoms with van der Waals surface area (Å²) in [5.74, 6) is -0.0839. The van der Waals surface area contributed by atoms with E-state index in [0.29, 0.717) is 12.6 Å². The highest BCUT2D eigenvalue weighted by Crippen LogP contribution is 2.25. The van der Waals surface area contributed by atoms with Gasteiger partial charge in [0.25, 0.3) is 0 Å². The van der Waals surface area contributed by atoms with Crippen LogP contribution >= 0.6 is 0 Å². The quantitative estimate of drug-likeness (QED) is 0.840. The molecule has 0 aliphatic carbocycles. The van der Waals surface area contributed by atoms with Crippen LogP contribution in [0.5, 0.6) is 0 Å². The van der Waals surface area contributed by atoms with E-state index in [1.807, 2.05) is 10.9 Å². The molecule has 0 aromatic carbocycles. The molecule has 0 bridgehead atoms. The number of rotatable bonds is 5. The number of amides is 1. The Morgan fingerprint density at radius 1 is 1.50 bits per heavy atom. The van der Waals surface area contributed by atoms with Crippen molar-refractivity contribution in [2.75, 3.05) is 40.0 Å². The average molecular weight is 308 g/mol. The molecule has 1 fully saturated rings. The molecule has 2 aliphatic heterocycles. The molecule has 7 heteroatoms. The summed E-state index contributed by atoms with van der Waals surface area (Å²) in [6.45, 7) is 4.20. The van der Waals surface area contributed by atoms with Gasteiger partial charge in [-0.3, -0.25) is 14.4 Å². The van der Waals surface area contributed by atoms with Crippen molar-refractivity contribution in [3.63, 3.8) is 0 Å². The molecule has 122 valence electrons. The number of carbonyl (C=O) groups is 1. The lowest BCUT2D eigenvalue weighted by Crippen LogP contribution is -2.48. The molecule has 7 nitrogen and oxygen atoms in total. The minimum Gasteiger partial charge on any atom is -0.381 e. The minimum atomic E-state index is -0.0839. The maximum atomic E-state index is 11.6. The van der Waals surface area contributed by atoms with E-state index >= 15 is 0 Å². The van der Waals surface area contributed by atoms with Crippen LogP contribution in [0.4, 0.5) is 0 Å². The van der Waals surface area contributed by atoms with E-state index in [-0.39, 0.29) is 18.6 Å². The van der Waals surface area contributed by atoms with Gasteiger partial charge in [0, 0.05) is 52.2 Å². The van der Waals surface area contributed by atoms with Crippen LogP contribution in [-0.4, -0.2) is 66.6 Å². The first-order valence-electron chi connectivity index (χ1n) is 7.87. The third kappa shape index (κ3) is 3.48. The first-order valence-corrected chi connectivity index (χ1v) is 7.87. The Kier molecular flexibility index (Phi) is 5.07. The smallest absolute Gasteiger partial charge is 0.246 e. The van der Waals surface area contributed by atoms with E-state index in [4.69, 9.17) is 9.47 Å². The number of carbonyl (C=O) groups excluding carboxylic acids is 1. The van der Waals surface area contributed by atoms with Crippen LogP contribution in [0.1, 0.15) is 24.6 Å². The summed E-state index contributed by atoms with van der Waals surface area (Å²) in [5.41, 5.74) is 1.21. The number of aromatic nitrogens is 2. The number of nitrogens with zero attached hydrogens (tertiary/aromatic N) is 3. The van der Waals surface area contributed by atoms with Crippen LogP contribution in [0.15, 0.2) is 12.3 Å². The second-order valence-corrected chi connectivity index (χ2v) is 5.93. The van der Waals surface area contributed by atoms with Gasteiger partial charge in [-0.15, -0.1) is 0 Å². The standard InChI is InChI=1S/C15H24N4O3/c1-21-11-15(20)16-8-14-10-18(12-3-6-22-7-4-12)9-13-2-5-17-19(13)14/h2,5,12,14H,3-4,6-11H2,1H3,(H,16,20). The van der Waals surface area contributed by atoms with Crippen molar-refractivity contribution in [1.82, 2.24) is 20.0 Å². The Balaban J connectivity index is 1.65. The highest BCUT2D eigenvalue weighted by molar-refractivity contribution is 5.77. The largest absolute Gasteiger partial charge is 0.381 e. The summed E-state index contributed by atoms with van der Waals surface area (Å²) in [7, 11) is 1.53. The molecule has 0 spiro atoms. The van der Waals surface area contributed by atoms with Crippen LogP contribution in [0.25, 0.3) is 0 Å². The molecule has 2 aliphatic rings. The highest BCUT2D eigenvalue weighted by Gasteiger charge is 2.30. The number of hydrogen-bond donors (Lipinski definition) is 1. The Bertz CT molecular complexity index is 499. The number of ether oxygens (including phenoxy) is 2. The molecule has 1 saturated heterocycles. The van der Waals surface area contributed by atoms with Crippen molar-refractivity contribution in [2.24, 2.45) is 0 Å². The summed E-state index contributed by atoms with van der Waals surface area (Å²) in [6.07, 6.45) is 4.00. The van der Waals surface area contributed by atoms with E-state index in [2.05, 4.69) is 21.4 Å². The lowest BCUT2D eigenvalue weighted by molar-refractivity contribution is -0.125. The molecule has 1 atom stereocenters. The van der Waals surface area contributed by atoms with Crippen molar-refractivity contribution in [1.29, 1.82) is 0 Å². The molecule has 0 radical (unpaired) electrons. The molecular formula is C15H24N4O3. The zero-order valence-corrected chi connectivity index (χ0v) is 13.0. The van der Waals surface area contributed by atoms with Crippen molar-refractivity contribution in [3.05, 3.63) is 18.0 Å². The first-order chi connectivity index (χ1) is 10.8.